The van der Waals surface area contributed by atoms with Gasteiger partial charge in [-0.15, -0.1) is 0 Å². The topological polar surface area (TPSA) is 50.7 Å². The van der Waals surface area contributed by atoms with Crippen molar-refractivity contribution in [3.63, 3.8) is 0 Å². The average Bonchev–Trinajstić information content (AvgIpc) is 2.53. The molecular formula is C15H10ClFN4. The van der Waals surface area contributed by atoms with Gasteiger partial charge in [0.2, 0.25) is 0 Å². The molecule has 2 heterocycles. The summed E-state index contributed by atoms with van der Waals surface area (Å²) in [6, 6.07) is 8.08. The van der Waals surface area contributed by atoms with E-state index in [-0.39, 0.29) is 5.02 Å². The summed E-state index contributed by atoms with van der Waals surface area (Å²) < 4.78 is 13.1. The maximum Gasteiger partial charge on any atom is 0.159 e. The predicted octanol–water partition coefficient (Wildman–Crippen LogP) is 4.07. The maximum atomic E-state index is 13.1. The highest BCUT2D eigenvalue weighted by Crippen LogP contribution is 2.22. The number of pyridine rings is 1. The van der Waals surface area contributed by atoms with Crippen molar-refractivity contribution in [2.75, 3.05) is 5.32 Å². The van der Waals surface area contributed by atoms with Crippen LogP contribution in [0.5, 0.6) is 0 Å². The van der Waals surface area contributed by atoms with Gasteiger partial charge in [0.25, 0.3) is 0 Å². The Labute approximate surface area is 125 Å². The summed E-state index contributed by atoms with van der Waals surface area (Å²) in [5, 5.41) is 3.13. The van der Waals surface area contributed by atoms with Crippen molar-refractivity contribution in [3.05, 3.63) is 66.0 Å². The van der Waals surface area contributed by atoms with Crippen LogP contribution in [-0.4, -0.2) is 15.0 Å². The molecule has 104 valence electrons. The molecule has 2 aromatic heterocycles. The molecule has 21 heavy (non-hydrogen) atoms. The Balaban J connectivity index is 1.80. The van der Waals surface area contributed by atoms with Crippen LogP contribution in [0.25, 0.3) is 11.4 Å². The number of aromatic nitrogens is 3. The SMILES string of the molecule is Fc1ccc(Nc2cnc(-c3ccncc3)nc2)cc1Cl. The molecule has 0 saturated carbocycles. The van der Waals surface area contributed by atoms with Gasteiger partial charge in [-0.25, -0.2) is 14.4 Å². The summed E-state index contributed by atoms with van der Waals surface area (Å²) in [5.41, 5.74) is 2.25. The summed E-state index contributed by atoms with van der Waals surface area (Å²) in [6.45, 7) is 0. The quantitative estimate of drug-likeness (QED) is 0.792. The molecule has 0 radical (unpaired) electrons. The molecule has 0 aliphatic carbocycles. The smallest absolute Gasteiger partial charge is 0.159 e. The highest BCUT2D eigenvalue weighted by molar-refractivity contribution is 6.31. The standard InChI is InChI=1S/C15H10ClFN4/c16-13-7-11(1-2-14(13)17)21-12-8-19-15(20-9-12)10-3-5-18-6-4-10/h1-9,21H. The van der Waals surface area contributed by atoms with Crippen molar-refractivity contribution in [2.24, 2.45) is 0 Å². The summed E-state index contributed by atoms with van der Waals surface area (Å²) in [5.74, 6) is 0.159. The third-order valence-electron chi connectivity index (χ3n) is 2.80. The second kappa shape index (κ2) is 5.85. The molecule has 0 aliphatic rings. The third-order valence-corrected chi connectivity index (χ3v) is 3.09. The lowest BCUT2D eigenvalue weighted by Crippen LogP contribution is -1.95. The molecule has 0 fully saturated rings. The maximum absolute atomic E-state index is 13.1. The largest absolute Gasteiger partial charge is 0.353 e. The number of halogens is 2. The van der Waals surface area contributed by atoms with Gasteiger partial charge >= 0.3 is 0 Å². The van der Waals surface area contributed by atoms with Gasteiger partial charge in [0.15, 0.2) is 5.82 Å². The van der Waals surface area contributed by atoms with E-state index in [1.807, 2.05) is 12.1 Å². The van der Waals surface area contributed by atoms with Gasteiger partial charge in [0, 0.05) is 23.6 Å². The van der Waals surface area contributed by atoms with Crippen LogP contribution in [0.4, 0.5) is 15.8 Å². The third kappa shape index (κ3) is 3.14. The van der Waals surface area contributed by atoms with E-state index in [1.54, 1.807) is 30.9 Å². The van der Waals surface area contributed by atoms with Crippen molar-refractivity contribution < 1.29 is 4.39 Å². The van der Waals surface area contributed by atoms with Crippen molar-refractivity contribution in [1.82, 2.24) is 15.0 Å². The number of anilines is 2. The molecule has 0 atom stereocenters. The molecule has 3 rings (SSSR count). The molecule has 0 spiro atoms. The molecule has 1 N–H and O–H groups in total. The number of nitrogens with one attached hydrogen (secondary N) is 1. The molecule has 0 amide bonds. The van der Waals surface area contributed by atoms with Crippen LogP contribution in [0.15, 0.2) is 55.1 Å². The first-order valence-electron chi connectivity index (χ1n) is 6.17. The predicted molar refractivity (Wildman–Crippen MR) is 80.0 cm³/mol. The monoisotopic (exact) mass is 300 g/mol. The summed E-state index contributed by atoms with van der Waals surface area (Å²) in [4.78, 5) is 12.5. The Morgan fingerprint density at radius 1 is 0.952 bits per heavy atom. The Hall–Kier alpha value is -2.53. The first-order chi connectivity index (χ1) is 10.2. The molecule has 0 aliphatic heterocycles. The Kier molecular flexibility index (Phi) is 3.75. The number of benzene rings is 1. The minimum absolute atomic E-state index is 0.0642. The molecule has 0 unspecified atom stereocenters. The number of nitrogens with zero attached hydrogens (tertiary/aromatic N) is 3. The summed E-state index contributed by atoms with van der Waals surface area (Å²) in [6.07, 6.45) is 6.68. The van der Waals surface area contributed by atoms with E-state index in [2.05, 4.69) is 20.3 Å². The van der Waals surface area contributed by atoms with E-state index >= 15 is 0 Å². The lowest BCUT2D eigenvalue weighted by Gasteiger charge is -2.07. The van der Waals surface area contributed by atoms with Crippen molar-refractivity contribution in [3.8, 4) is 11.4 Å². The highest BCUT2D eigenvalue weighted by Gasteiger charge is 2.03. The normalized spacial score (nSPS) is 10.4. The first kappa shape index (κ1) is 13.5. The zero-order valence-corrected chi connectivity index (χ0v) is 11.5. The first-order valence-corrected chi connectivity index (χ1v) is 6.55. The van der Waals surface area contributed by atoms with E-state index in [0.717, 1.165) is 5.56 Å². The van der Waals surface area contributed by atoms with Crippen LogP contribution in [0, 0.1) is 5.82 Å². The van der Waals surface area contributed by atoms with Gasteiger partial charge in [-0.2, -0.15) is 0 Å². The lowest BCUT2D eigenvalue weighted by molar-refractivity contribution is 0.628. The zero-order chi connectivity index (χ0) is 14.7. The Bertz CT molecular complexity index is 747. The van der Waals surface area contributed by atoms with Crippen LogP contribution in [0.1, 0.15) is 0 Å². The fourth-order valence-corrected chi connectivity index (χ4v) is 1.96. The lowest BCUT2D eigenvalue weighted by atomic mass is 10.2. The fourth-order valence-electron chi connectivity index (χ4n) is 1.78. The second-order valence-corrected chi connectivity index (χ2v) is 4.69. The Morgan fingerprint density at radius 2 is 1.67 bits per heavy atom. The molecular weight excluding hydrogens is 291 g/mol. The van der Waals surface area contributed by atoms with Crippen molar-refractivity contribution in [2.45, 2.75) is 0 Å². The van der Waals surface area contributed by atoms with E-state index < -0.39 is 5.82 Å². The Morgan fingerprint density at radius 3 is 2.33 bits per heavy atom. The number of hydrogen-bond donors (Lipinski definition) is 1. The van der Waals surface area contributed by atoms with Gasteiger partial charge in [-0.3, -0.25) is 4.98 Å². The van der Waals surface area contributed by atoms with Crippen LogP contribution in [-0.2, 0) is 0 Å². The van der Waals surface area contributed by atoms with Crippen LogP contribution >= 0.6 is 11.6 Å². The van der Waals surface area contributed by atoms with Gasteiger partial charge < -0.3 is 5.32 Å². The highest BCUT2D eigenvalue weighted by atomic mass is 35.5. The zero-order valence-electron chi connectivity index (χ0n) is 10.8. The van der Waals surface area contributed by atoms with E-state index in [4.69, 9.17) is 11.6 Å². The van der Waals surface area contributed by atoms with Crippen LogP contribution in [0.3, 0.4) is 0 Å². The van der Waals surface area contributed by atoms with Gasteiger partial charge in [0.1, 0.15) is 5.82 Å². The van der Waals surface area contributed by atoms with Crippen molar-refractivity contribution >= 4 is 23.0 Å². The molecule has 1 aromatic carbocycles. The molecule has 0 saturated heterocycles. The molecule has 4 nitrogen and oxygen atoms in total. The van der Waals surface area contributed by atoms with Gasteiger partial charge in [-0.05, 0) is 30.3 Å². The fraction of sp³-hybridized carbons (Fsp3) is 0. The van der Waals surface area contributed by atoms with Crippen LogP contribution < -0.4 is 5.32 Å². The number of hydrogen-bond acceptors (Lipinski definition) is 4. The number of rotatable bonds is 3. The van der Waals surface area contributed by atoms with E-state index in [0.29, 0.717) is 17.2 Å². The second-order valence-electron chi connectivity index (χ2n) is 4.29. The van der Waals surface area contributed by atoms with Crippen LogP contribution in [0.2, 0.25) is 5.02 Å². The summed E-state index contributed by atoms with van der Waals surface area (Å²) >= 11 is 5.73. The van der Waals surface area contributed by atoms with E-state index in [9.17, 15) is 4.39 Å². The minimum atomic E-state index is -0.452. The van der Waals surface area contributed by atoms with Crippen molar-refractivity contribution in [1.29, 1.82) is 0 Å². The van der Waals surface area contributed by atoms with Gasteiger partial charge in [0.05, 0.1) is 23.1 Å². The van der Waals surface area contributed by atoms with E-state index in [1.165, 1.54) is 12.1 Å². The molecule has 0 bridgehead atoms. The minimum Gasteiger partial charge on any atom is -0.353 e. The average molecular weight is 301 g/mol. The molecule has 6 heteroatoms. The van der Waals surface area contributed by atoms with Gasteiger partial charge in [-0.1, -0.05) is 11.6 Å². The summed E-state index contributed by atoms with van der Waals surface area (Å²) in [7, 11) is 0. The molecule has 3 aromatic rings.